The number of hydrogen-bond acceptors (Lipinski definition) is 5. The van der Waals surface area contributed by atoms with Gasteiger partial charge in [0, 0.05) is 27.1 Å². The van der Waals surface area contributed by atoms with E-state index in [1.807, 2.05) is 60.7 Å². The number of anilines is 3. The molecule has 0 bridgehead atoms. The van der Waals surface area contributed by atoms with Crippen LogP contribution in [-0.2, 0) is 5.41 Å². The summed E-state index contributed by atoms with van der Waals surface area (Å²) >= 11 is 1.71. The molecule has 5 aromatic carbocycles. The van der Waals surface area contributed by atoms with Gasteiger partial charge in [0.05, 0.1) is 16.3 Å². The molecule has 4 nitrogen and oxygen atoms in total. The Balaban J connectivity index is 1.23. The number of para-hydroxylation sites is 2. The van der Waals surface area contributed by atoms with Crippen LogP contribution in [0.15, 0.2) is 146 Å². The Labute approximate surface area is 267 Å². The summed E-state index contributed by atoms with van der Waals surface area (Å²) in [6.07, 6.45) is 0. The van der Waals surface area contributed by atoms with Crippen LogP contribution < -0.4 is 4.90 Å². The lowest BCUT2D eigenvalue weighted by molar-refractivity contribution is 0.632. The SMILES string of the molecule is CC1(C)c2ccccc2N(c2ccccc2)c2ccc(-c3ccc(-c4nc(-c5ccccc5)nc(-c5ccccc5)n4)s3)cc21. The topological polar surface area (TPSA) is 41.9 Å². The van der Waals surface area contributed by atoms with Crippen LogP contribution in [0.4, 0.5) is 17.1 Å². The normalized spacial score (nSPS) is 13.2. The zero-order valence-corrected chi connectivity index (χ0v) is 25.9. The molecule has 0 unspecified atom stereocenters. The summed E-state index contributed by atoms with van der Waals surface area (Å²) in [4.78, 5) is 19.3. The van der Waals surface area contributed by atoms with Gasteiger partial charge in [-0.1, -0.05) is 117 Å². The highest BCUT2D eigenvalue weighted by atomic mass is 32.1. The van der Waals surface area contributed by atoms with E-state index in [0.717, 1.165) is 21.7 Å². The minimum absolute atomic E-state index is 0.170. The Hall–Kier alpha value is -5.39. The average Bonchev–Trinajstić information content (AvgIpc) is 3.60. The lowest BCUT2D eigenvalue weighted by Gasteiger charge is -2.42. The minimum atomic E-state index is -0.170. The third kappa shape index (κ3) is 4.82. The first kappa shape index (κ1) is 27.2. The summed E-state index contributed by atoms with van der Waals surface area (Å²) < 4.78 is 0. The second-order valence-electron chi connectivity index (χ2n) is 11.7. The molecule has 0 aliphatic carbocycles. The van der Waals surface area contributed by atoms with Gasteiger partial charge in [0.25, 0.3) is 0 Å². The molecule has 3 heterocycles. The smallest absolute Gasteiger partial charge is 0.174 e. The van der Waals surface area contributed by atoms with Crippen LogP contribution in [0.3, 0.4) is 0 Å². The third-order valence-corrected chi connectivity index (χ3v) is 9.68. The van der Waals surface area contributed by atoms with Gasteiger partial charge in [0.15, 0.2) is 17.5 Å². The molecular weight excluding hydrogens is 569 g/mol. The Morgan fingerprint density at radius 3 is 1.67 bits per heavy atom. The molecule has 7 aromatic rings. The summed E-state index contributed by atoms with van der Waals surface area (Å²) in [6.45, 7) is 4.66. The van der Waals surface area contributed by atoms with Crippen molar-refractivity contribution in [1.29, 1.82) is 0 Å². The first-order valence-electron chi connectivity index (χ1n) is 15.1. The Morgan fingerprint density at radius 1 is 0.467 bits per heavy atom. The van der Waals surface area contributed by atoms with Crippen LogP contribution in [-0.4, -0.2) is 15.0 Å². The summed E-state index contributed by atoms with van der Waals surface area (Å²) in [5.74, 6) is 2.02. The summed E-state index contributed by atoms with van der Waals surface area (Å²) in [5, 5.41) is 0. The zero-order chi connectivity index (χ0) is 30.4. The molecule has 1 aliphatic rings. The molecule has 45 heavy (non-hydrogen) atoms. The Kier molecular flexibility index (Phi) is 6.62. The van der Waals surface area contributed by atoms with Gasteiger partial charge in [-0.05, 0) is 59.2 Å². The monoisotopic (exact) mass is 598 g/mol. The van der Waals surface area contributed by atoms with E-state index in [0.29, 0.717) is 17.5 Å². The average molecular weight is 599 g/mol. The number of benzene rings is 5. The van der Waals surface area contributed by atoms with Gasteiger partial charge in [0.2, 0.25) is 0 Å². The van der Waals surface area contributed by atoms with Crippen molar-refractivity contribution in [2.24, 2.45) is 0 Å². The quantitative estimate of drug-likeness (QED) is 0.198. The first-order valence-corrected chi connectivity index (χ1v) is 15.9. The van der Waals surface area contributed by atoms with E-state index in [1.165, 1.54) is 32.9 Å². The second-order valence-corrected chi connectivity index (χ2v) is 12.8. The van der Waals surface area contributed by atoms with E-state index in [9.17, 15) is 0 Å². The Bertz CT molecular complexity index is 2080. The van der Waals surface area contributed by atoms with Crippen molar-refractivity contribution in [3.05, 3.63) is 157 Å². The summed E-state index contributed by atoms with van der Waals surface area (Å²) in [5.41, 5.74) is 9.17. The number of fused-ring (bicyclic) bond motifs is 2. The van der Waals surface area contributed by atoms with Crippen molar-refractivity contribution in [3.63, 3.8) is 0 Å². The van der Waals surface area contributed by atoms with Crippen LogP contribution in [0, 0.1) is 0 Å². The highest BCUT2D eigenvalue weighted by Gasteiger charge is 2.37. The van der Waals surface area contributed by atoms with Crippen LogP contribution >= 0.6 is 11.3 Å². The van der Waals surface area contributed by atoms with Gasteiger partial charge in [-0.25, -0.2) is 15.0 Å². The van der Waals surface area contributed by atoms with E-state index >= 15 is 0 Å². The molecule has 0 fully saturated rings. The van der Waals surface area contributed by atoms with E-state index in [2.05, 4.69) is 104 Å². The van der Waals surface area contributed by atoms with E-state index in [-0.39, 0.29) is 5.41 Å². The van der Waals surface area contributed by atoms with Crippen molar-refractivity contribution in [1.82, 2.24) is 15.0 Å². The predicted octanol–water partition coefficient (Wildman–Crippen LogP) is 10.7. The number of thiophene rings is 1. The van der Waals surface area contributed by atoms with Crippen molar-refractivity contribution in [2.75, 3.05) is 4.90 Å². The molecule has 0 saturated heterocycles. The largest absolute Gasteiger partial charge is 0.310 e. The molecule has 0 amide bonds. The summed E-state index contributed by atoms with van der Waals surface area (Å²) in [6, 6.07) is 50.9. The molecule has 0 spiro atoms. The number of aromatic nitrogens is 3. The zero-order valence-electron chi connectivity index (χ0n) is 25.1. The molecular formula is C40H30N4S. The molecule has 0 saturated carbocycles. The standard InChI is InChI=1S/C40H30N4S/c1-40(2)31-20-12-13-21-33(31)44(30-18-10-5-11-19-30)34-23-22-29(26-32(34)40)35-24-25-36(45-35)39-42-37(27-14-6-3-7-15-27)41-38(43-39)28-16-8-4-9-17-28/h3-26H,1-2H3. The summed E-state index contributed by atoms with van der Waals surface area (Å²) in [7, 11) is 0. The molecule has 1 aliphatic heterocycles. The van der Waals surface area contributed by atoms with E-state index < -0.39 is 0 Å². The highest BCUT2D eigenvalue weighted by Crippen LogP contribution is 2.52. The van der Waals surface area contributed by atoms with Crippen molar-refractivity contribution in [3.8, 4) is 43.9 Å². The van der Waals surface area contributed by atoms with Crippen molar-refractivity contribution >= 4 is 28.4 Å². The number of nitrogens with zero attached hydrogens (tertiary/aromatic N) is 4. The molecule has 216 valence electrons. The number of hydrogen-bond donors (Lipinski definition) is 0. The molecule has 8 rings (SSSR count). The molecule has 2 aromatic heterocycles. The number of rotatable bonds is 5. The maximum Gasteiger partial charge on any atom is 0.174 e. The van der Waals surface area contributed by atoms with Crippen LogP contribution in [0.2, 0.25) is 0 Å². The lowest BCUT2D eigenvalue weighted by Crippen LogP contribution is -2.30. The van der Waals surface area contributed by atoms with Crippen LogP contribution in [0.5, 0.6) is 0 Å². The predicted molar refractivity (Wildman–Crippen MR) is 186 cm³/mol. The fourth-order valence-corrected chi connectivity index (χ4v) is 7.18. The lowest BCUT2D eigenvalue weighted by atomic mass is 9.73. The molecule has 0 atom stereocenters. The maximum absolute atomic E-state index is 4.95. The fourth-order valence-electron chi connectivity index (χ4n) is 6.24. The van der Waals surface area contributed by atoms with Gasteiger partial charge >= 0.3 is 0 Å². The van der Waals surface area contributed by atoms with Gasteiger partial charge in [-0.2, -0.15) is 0 Å². The fraction of sp³-hybridized carbons (Fsp3) is 0.0750. The van der Waals surface area contributed by atoms with Gasteiger partial charge in [0.1, 0.15) is 0 Å². The maximum atomic E-state index is 4.95. The molecule has 0 N–H and O–H groups in total. The van der Waals surface area contributed by atoms with Gasteiger partial charge in [-0.15, -0.1) is 11.3 Å². The van der Waals surface area contributed by atoms with E-state index in [4.69, 9.17) is 15.0 Å². The Morgan fingerprint density at radius 2 is 1.00 bits per heavy atom. The highest BCUT2D eigenvalue weighted by molar-refractivity contribution is 7.18. The van der Waals surface area contributed by atoms with Crippen LogP contribution in [0.1, 0.15) is 25.0 Å². The molecule has 5 heteroatoms. The van der Waals surface area contributed by atoms with E-state index in [1.54, 1.807) is 11.3 Å². The minimum Gasteiger partial charge on any atom is -0.310 e. The van der Waals surface area contributed by atoms with Crippen molar-refractivity contribution < 1.29 is 0 Å². The first-order chi connectivity index (χ1) is 22.1. The van der Waals surface area contributed by atoms with Crippen molar-refractivity contribution in [2.45, 2.75) is 19.3 Å². The van der Waals surface area contributed by atoms with Gasteiger partial charge < -0.3 is 4.90 Å². The van der Waals surface area contributed by atoms with Gasteiger partial charge in [-0.3, -0.25) is 0 Å². The second kappa shape index (κ2) is 11.0. The third-order valence-electron chi connectivity index (χ3n) is 8.55. The molecule has 0 radical (unpaired) electrons. The van der Waals surface area contributed by atoms with Crippen LogP contribution in [0.25, 0.3) is 43.9 Å².